The number of carbonyl (C=O) groups is 1. The van der Waals surface area contributed by atoms with Crippen LogP contribution < -0.4 is 4.74 Å². The molecular weight excluding hydrogens is 277 g/mol. The largest absolute Gasteiger partial charge is 0.486 e. The summed E-state index contributed by atoms with van der Waals surface area (Å²) in [5, 5.41) is 2.83. The van der Waals surface area contributed by atoms with Crippen molar-refractivity contribution in [1.82, 2.24) is 4.98 Å². The van der Waals surface area contributed by atoms with E-state index in [0.717, 1.165) is 16.8 Å². The van der Waals surface area contributed by atoms with Gasteiger partial charge < -0.3 is 4.74 Å². The highest BCUT2D eigenvalue weighted by Crippen LogP contribution is 2.25. The Hall–Kier alpha value is -1.75. The predicted octanol–water partition coefficient (Wildman–Crippen LogP) is 3.97. The van der Waals surface area contributed by atoms with Crippen LogP contribution in [0.1, 0.15) is 41.8 Å². The second-order valence-corrected chi connectivity index (χ2v) is 6.41. The Morgan fingerprint density at radius 1 is 1.40 bits per heavy atom. The van der Waals surface area contributed by atoms with Crippen molar-refractivity contribution in [3.8, 4) is 5.75 Å². The van der Waals surface area contributed by atoms with E-state index in [-0.39, 0.29) is 17.6 Å². The van der Waals surface area contributed by atoms with Gasteiger partial charge in [0.2, 0.25) is 0 Å². The second kappa shape index (κ2) is 5.71. The van der Waals surface area contributed by atoms with Gasteiger partial charge in [-0.15, -0.1) is 11.3 Å². The number of halogens is 1. The maximum Gasteiger partial charge on any atom is 0.153 e. The summed E-state index contributed by atoms with van der Waals surface area (Å²) in [4.78, 5) is 15.4. The molecule has 0 saturated carbocycles. The highest BCUT2D eigenvalue weighted by Gasteiger charge is 2.17. The fourth-order valence-corrected chi connectivity index (χ4v) is 2.54. The van der Waals surface area contributed by atoms with E-state index < -0.39 is 5.82 Å². The number of benzene rings is 1. The van der Waals surface area contributed by atoms with Crippen LogP contribution in [0.15, 0.2) is 23.6 Å². The molecule has 0 atom stereocenters. The summed E-state index contributed by atoms with van der Waals surface area (Å²) in [6.07, 6.45) is 0.584. The first-order chi connectivity index (χ1) is 9.40. The van der Waals surface area contributed by atoms with Gasteiger partial charge in [0.05, 0.1) is 11.3 Å². The molecule has 0 N–H and O–H groups in total. The van der Waals surface area contributed by atoms with Crippen LogP contribution in [0.4, 0.5) is 4.39 Å². The lowest BCUT2D eigenvalue weighted by molar-refractivity contribution is 0.111. The fourth-order valence-electron chi connectivity index (χ4n) is 1.60. The van der Waals surface area contributed by atoms with E-state index in [0.29, 0.717) is 12.0 Å². The summed E-state index contributed by atoms with van der Waals surface area (Å²) in [6, 6.07) is 3.88. The summed E-state index contributed by atoms with van der Waals surface area (Å²) in [6.45, 7) is 6.55. The van der Waals surface area contributed by atoms with Crippen LogP contribution in [0.2, 0.25) is 0 Å². The Bertz CT molecular complexity index is 617. The van der Waals surface area contributed by atoms with E-state index in [9.17, 15) is 9.18 Å². The molecule has 2 aromatic rings. The van der Waals surface area contributed by atoms with Gasteiger partial charge in [0, 0.05) is 10.8 Å². The Labute approximate surface area is 121 Å². The fraction of sp³-hybridized carbons (Fsp3) is 0.333. The molecule has 0 aliphatic rings. The first-order valence-electron chi connectivity index (χ1n) is 6.22. The molecule has 0 spiro atoms. The number of carbonyl (C=O) groups excluding carboxylic acids is 1. The zero-order chi connectivity index (χ0) is 14.8. The smallest absolute Gasteiger partial charge is 0.153 e. The number of aldehydes is 1. The molecule has 1 aromatic heterocycles. The van der Waals surface area contributed by atoms with Crippen molar-refractivity contribution in [3.63, 3.8) is 0 Å². The predicted molar refractivity (Wildman–Crippen MR) is 76.9 cm³/mol. The molecule has 3 nitrogen and oxygen atoms in total. The number of hydrogen-bond donors (Lipinski definition) is 0. The summed E-state index contributed by atoms with van der Waals surface area (Å²) in [5.74, 6) is -0.0855. The molecule has 20 heavy (non-hydrogen) atoms. The lowest BCUT2D eigenvalue weighted by Crippen LogP contribution is -2.11. The van der Waals surface area contributed by atoms with Gasteiger partial charge in [0.1, 0.15) is 23.2 Å². The SMILES string of the molecule is CC(C)(C)c1csc(COc2ccc(F)cc2C=O)n1. The molecule has 0 aliphatic carbocycles. The topological polar surface area (TPSA) is 39.2 Å². The van der Waals surface area contributed by atoms with Gasteiger partial charge in [-0.3, -0.25) is 4.79 Å². The van der Waals surface area contributed by atoms with Crippen molar-refractivity contribution >= 4 is 17.6 Å². The number of ether oxygens (including phenoxy) is 1. The molecule has 0 saturated heterocycles. The zero-order valence-electron chi connectivity index (χ0n) is 11.6. The van der Waals surface area contributed by atoms with E-state index in [1.165, 1.54) is 23.5 Å². The van der Waals surface area contributed by atoms with Gasteiger partial charge in [-0.25, -0.2) is 9.37 Å². The van der Waals surface area contributed by atoms with E-state index in [2.05, 4.69) is 25.8 Å². The van der Waals surface area contributed by atoms with E-state index >= 15 is 0 Å². The molecule has 2 rings (SSSR count). The maximum absolute atomic E-state index is 13.0. The molecule has 0 unspecified atom stereocenters. The molecule has 0 bridgehead atoms. The molecule has 0 radical (unpaired) electrons. The molecule has 0 fully saturated rings. The Morgan fingerprint density at radius 3 is 2.75 bits per heavy atom. The summed E-state index contributed by atoms with van der Waals surface area (Å²) >= 11 is 1.51. The monoisotopic (exact) mass is 293 g/mol. The third-order valence-electron chi connectivity index (χ3n) is 2.77. The molecule has 0 amide bonds. The lowest BCUT2D eigenvalue weighted by Gasteiger charge is -2.14. The van der Waals surface area contributed by atoms with E-state index in [1.54, 1.807) is 0 Å². The van der Waals surface area contributed by atoms with E-state index in [1.807, 2.05) is 5.38 Å². The Kier molecular flexibility index (Phi) is 4.18. The quantitative estimate of drug-likeness (QED) is 0.801. The average molecular weight is 293 g/mol. The van der Waals surface area contributed by atoms with Crippen molar-refractivity contribution in [2.75, 3.05) is 0 Å². The van der Waals surface area contributed by atoms with Crippen molar-refractivity contribution < 1.29 is 13.9 Å². The highest BCUT2D eigenvalue weighted by molar-refractivity contribution is 7.09. The average Bonchev–Trinajstić information content (AvgIpc) is 2.86. The number of nitrogens with zero attached hydrogens (tertiary/aromatic N) is 1. The van der Waals surface area contributed by atoms with Gasteiger partial charge in [0.25, 0.3) is 0 Å². The molecule has 0 aliphatic heterocycles. The molecule has 1 aromatic carbocycles. The zero-order valence-corrected chi connectivity index (χ0v) is 12.5. The van der Waals surface area contributed by atoms with Crippen molar-refractivity contribution in [1.29, 1.82) is 0 Å². The van der Waals surface area contributed by atoms with Crippen molar-refractivity contribution in [2.45, 2.75) is 32.8 Å². The Balaban J connectivity index is 2.09. The standard InChI is InChI=1S/C15H16FNO2S/c1-15(2,3)13-9-20-14(17-13)8-19-12-5-4-11(16)6-10(12)7-18/h4-7,9H,8H2,1-3H3. The minimum absolute atomic E-state index is 0.00141. The van der Waals surface area contributed by atoms with Crippen LogP contribution in [-0.2, 0) is 12.0 Å². The summed E-state index contributed by atoms with van der Waals surface area (Å²) < 4.78 is 18.6. The number of rotatable bonds is 4. The second-order valence-electron chi connectivity index (χ2n) is 5.47. The number of hydrogen-bond acceptors (Lipinski definition) is 4. The normalized spacial score (nSPS) is 11.4. The summed E-state index contributed by atoms with van der Waals surface area (Å²) in [5.41, 5.74) is 1.21. The van der Waals surface area contributed by atoms with Gasteiger partial charge in [-0.05, 0) is 18.2 Å². The van der Waals surface area contributed by atoms with Crippen LogP contribution in [-0.4, -0.2) is 11.3 Å². The minimum atomic E-state index is -0.455. The van der Waals surface area contributed by atoms with Crippen LogP contribution >= 0.6 is 11.3 Å². The molecular formula is C15H16FNO2S. The van der Waals surface area contributed by atoms with Crippen LogP contribution in [0.3, 0.4) is 0 Å². The highest BCUT2D eigenvalue weighted by atomic mass is 32.1. The third kappa shape index (κ3) is 3.42. The van der Waals surface area contributed by atoms with Gasteiger partial charge in [-0.2, -0.15) is 0 Å². The lowest BCUT2D eigenvalue weighted by atomic mass is 9.93. The first kappa shape index (κ1) is 14.7. The third-order valence-corrected chi connectivity index (χ3v) is 3.59. The number of thiazole rings is 1. The maximum atomic E-state index is 13.0. The Morgan fingerprint density at radius 2 is 2.15 bits per heavy atom. The molecule has 106 valence electrons. The number of aromatic nitrogens is 1. The molecule has 5 heteroatoms. The van der Waals surface area contributed by atoms with Gasteiger partial charge in [0.15, 0.2) is 6.29 Å². The van der Waals surface area contributed by atoms with E-state index in [4.69, 9.17) is 4.74 Å². The first-order valence-corrected chi connectivity index (χ1v) is 7.10. The van der Waals surface area contributed by atoms with Gasteiger partial charge in [-0.1, -0.05) is 20.8 Å². The van der Waals surface area contributed by atoms with Crippen LogP contribution in [0.25, 0.3) is 0 Å². The van der Waals surface area contributed by atoms with Crippen LogP contribution in [0.5, 0.6) is 5.75 Å². The van der Waals surface area contributed by atoms with Crippen molar-refractivity contribution in [3.05, 3.63) is 45.7 Å². The molecule has 1 heterocycles. The van der Waals surface area contributed by atoms with Gasteiger partial charge >= 0.3 is 0 Å². The van der Waals surface area contributed by atoms with Crippen molar-refractivity contribution in [2.24, 2.45) is 0 Å². The minimum Gasteiger partial charge on any atom is -0.486 e. The van der Waals surface area contributed by atoms with Crippen LogP contribution in [0, 0.1) is 5.82 Å². The summed E-state index contributed by atoms with van der Waals surface area (Å²) in [7, 11) is 0.